The van der Waals surface area contributed by atoms with Crippen LogP contribution in [0.1, 0.15) is 40.4 Å². The van der Waals surface area contributed by atoms with Gasteiger partial charge in [-0.2, -0.15) is 0 Å². The van der Waals surface area contributed by atoms with Crippen LogP contribution in [0.3, 0.4) is 0 Å². The predicted octanol–water partition coefficient (Wildman–Crippen LogP) is 1.39. The Hall–Kier alpha value is -3.49. The number of hydrogen-bond donors (Lipinski definition) is 1. The number of aryl methyl sites for hydroxylation is 1. The number of rotatable bonds is 5. The van der Waals surface area contributed by atoms with Crippen molar-refractivity contribution in [3.05, 3.63) is 73.7 Å². The van der Waals surface area contributed by atoms with Crippen molar-refractivity contribution < 1.29 is 14.5 Å². The van der Waals surface area contributed by atoms with Gasteiger partial charge in [-0.15, -0.1) is 0 Å². The Morgan fingerprint density at radius 3 is 2.75 bits per heavy atom. The third-order valence-electron chi connectivity index (χ3n) is 5.05. The van der Waals surface area contributed by atoms with Gasteiger partial charge in [0.2, 0.25) is 5.91 Å². The number of carbonyl (C=O) groups excluding carboxylic acids is 2. The van der Waals surface area contributed by atoms with Crippen LogP contribution in [0, 0.1) is 10.1 Å². The molecule has 1 aromatic carbocycles. The number of nitrogens with zero attached hydrogens (tertiary/aromatic N) is 3. The molecule has 0 fully saturated rings. The molecule has 0 bridgehead atoms. The van der Waals surface area contributed by atoms with E-state index in [1.54, 1.807) is 11.9 Å². The lowest BCUT2D eigenvalue weighted by Gasteiger charge is -2.33. The number of nitro groups is 1. The molecule has 2 aromatic rings. The highest BCUT2D eigenvalue weighted by atomic mass is 16.6. The quantitative estimate of drug-likeness (QED) is 0.615. The van der Waals surface area contributed by atoms with E-state index in [1.807, 2.05) is 24.3 Å². The van der Waals surface area contributed by atoms with Gasteiger partial charge in [-0.05, 0) is 30.4 Å². The maximum Gasteiger partial charge on any atom is 0.286 e. The van der Waals surface area contributed by atoms with E-state index in [-0.39, 0.29) is 11.9 Å². The first-order valence-corrected chi connectivity index (χ1v) is 8.81. The SMILES string of the molecule is CN(C(=O)Cn1cc([N+](=O)[O-])cc(C(N)=O)c1=O)C1CCCc2ccccc21. The molecule has 0 aliphatic heterocycles. The van der Waals surface area contributed by atoms with Crippen LogP contribution in [0.4, 0.5) is 5.69 Å². The third-order valence-corrected chi connectivity index (χ3v) is 5.05. The summed E-state index contributed by atoms with van der Waals surface area (Å²) >= 11 is 0. The van der Waals surface area contributed by atoms with Crippen LogP contribution in [-0.4, -0.2) is 33.3 Å². The summed E-state index contributed by atoms with van der Waals surface area (Å²) in [6.45, 7) is -0.421. The molecule has 146 valence electrons. The third kappa shape index (κ3) is 3.64. The van der Waals surface area contributed by atoms with Crippen molar-refractivity contribution in [1.82, 2.24) is 9.47 Å². The number of likely N-dealkylation sites (N-methyl/N-ethyl adjacent to an activating group) is 1. The van der Waals surface area contributed by atoms with E-state index in [4.69, 9.17) is 5.73 Å². The Kier molecular flexibility index (Phi) is 5.25. The van der Waals surface area contributed by atoms with Crippen molar-refractivity contribution in [2.75, 3.05) is 7.05 Å². The zero-order valence-electron chi connectivity index (χ0n) is 15.3. The monoisotopic (exact) mass is 384 g/mol. The molecule has 1 atom stereocenters. The van der Waals surface area contributed by atoms with Crippen LogP contribution in [0.5, 0.6) is 0 Å². The Morgan fingerprint density at radius 2 is 2.07 bits per heavy atom. The molecule has 9 nitrogen and oxygen atoms in total. The molecule has 0 spiro atoms. The van der Waals surface area contributed by atoms with E-state index < -0.39 is 34.2 Å². The van der Waals surface area contributed by atoms with E-state index in [9.17, 15) is 24.5 Å². The Morgan fingerprint density at radius 1 is 1.36 bits per heavy atom. The van der Waals surface area contributed by atoms with Gasteiger partial charge in [0, 0.05) is 13.1 Å². The van der Waals surface area contributed by atoms with Gasteiger partial charge in [-0.1, -0.05) is 24.3 Å². The summed E-state index contributed by atoms with van der Waals surface area (Å²) in [5.74, 6) is -1.47. The Balaban J connectivity index is 1.90. The molecule has 1 heterocycles. The first kappa shape index (κ1) is 19.3. The normalized spacial score (nSPS) is 15.5. The molecule has 0 radical (unpaired) electrons. The highest BCUT2D eigenvalue weighted by Crippen LogP contribution is 2.33. The second-order valence-corrected chi connectivity index (χ2v) is 6.78. The number of pyridine rings is 1. The Labute approximate surface area is 160 Å². The van der Waals surface area contributed by atoms with Gasteiger partial charge in [0.05, 0.1) is 17.2 Å². The number of primary amides is 1. The summed E-state index contributed by atoms with van der Waals surface area (Å²) in [6.07, 6.45) is 3.62. The molecular weight excluding hydrogens is 364 g/mol. The van der Waals surface area contributed by atoms with Crippen molar-refractivity contribution in [2.45, 2.75) is 31.8 Å². The predicted molar refractivity (Wildman–Crippen MR) is 101 cm³/mol. The maximum atomic E-state index is 12.8. The lowest BCUT2D eigenvalue weighted by molar-refractivity contribution is -0.385. The molecule has 9 heteroatoms. The highest BCUT2D eigenvalue weighted by molar-refractivity contribution is 5.93. The fourth-order valence-electron chi connectivity index (χ4n) is 3.58. The van der Waals surface area contributed by atoms with E-state index in [0.29, 0.717) is 0 Å². The molecule has 1 aliphatic carbocycles. The zero-order valence-corrected chi connectivity index (χ0v) is 15.3. The molecule has 2 N–H and O–H groups in total. The molecular formula is C19H20N4O5. The first-order valence-electron chi connectivity index (χ1n) is 8.81. The molecule has 0 saturated heterocycles. The van der Waals surface area contributed by atoms with E-state index in [0.717, 1.165) is 41.7 Å². The molecule has 2 amide bonds. The van der Waals surface area contributed by atoms with Crippen LogP contribution < -0.4 is 11.3 Å². The Bertz CT molecular complexity index is 1010. The smallest absolute Gasteiger partial charge is 0.286 e. The van der Waals surface area contributed by atoms with Crippen LogP contribution in [0.25, 0.3) is 0 Å². The summed E-state index contributed by atoms with van der Waals surface area (Å²) in [5, 5.41) is 11.1. The van der Waals surface area contributed by atoms with Gasteiger partial charge in [0.1, 0.15) is 12.1 Å². The van der Waals surface area contributed by atoms with Crippen LogP contribution >= 0.6 is 0 Å². The molecule has 1 unspecified atom stereocenters. The summed E-state index contributed by atoms with van der Waals surface area (Å²) in [4.78, 5) is 48.5. The van der Waals surface area contributed by atoms with E-state index in [1.165, 1.54) is 5.56 Å². The van der Waals surface area contributed by atoms with Gasteiger partial charge < -0.3 is 10.6 Å². The van der Waals surface area contributed by atoms with Crippen molar-refractivity contribution in [1.29, 1.82) is 0 Å². The minimum absolute atomic E-state index is 0.137. The molecule has 1 aliphatic rings. The summed E-state index contributed by atoms with van der Waals surface area (Å²) in [6, 6.07) is 8.57. The number of aromatic nitrogens is 1. The average Bonchev–Trinajstić information content (AvgIpc) is 2.67. The van der Waals surface area contributed by atoms with Crippen molar-refractivity contribution in [3.8, 4) is 0 Å². The van der Waals surface area contributed by atoms with Crippen LogP contribution in [-0.2, 0) is 17.8 Å². The topological polar surface area (TPSA) is 129 Å². The largest absolute Gasteiger partial charge is 0.365 e. The number of benzene rings is 1. The molecule has 1 aromatic heterocycles. The second kappa shape index (κ2) is 7.63. The number of amides is 2. The van der Waals surface area contributed by atoms with Crippen molar-refractivity contribution >= 4 is 17.5 Å². The van der Waals surface area contributed by atoms with Gasteiger partial charge in [-0.3, -0.25) is 29.1 Å². The lowest BCUT2D eigenvalue weighted by Crippen LogP contribution is -2.39. The van der Waals surface area contributed by atoms with Gasteiger partial charge in [0.25, 0.3) is 17.2 Å². The van der Waals surface area contributed by atoms with Crippen LogP contribution in [0.15, 0.2) is 41.3 Å². The molecule has 3 rings (SSSR count). The molecule has 0 saturated carbocycles. The van der Waals surface area contributed by atoms with Gasteiger partial charge in [-0.25, -0.2) is 0 Å². The minimum atomic E-state index is -1.08. The number of carbonyl (C=O) groups is 2. The minimum Gasteiger partial charge on any atom is -0.365 e. The average molecular weight is 384 g/mol. The zero-order chi connectivity index (χ0) is 20.4. The first-order chi connectivity index (χ1) is 13.3. The summed E-state index contributed by atoms with van der Waals surface area (Å²) in [5.41, 5.74) is 5.56. The summed E-state index contributed by atoms with van der Waals surface area (Å²) < 4.78 is 0.867. The second-order valence-electron chi connectivity index (χ2n) is 6.78. The standard InChI is InChI=1S/C19H20N4O5/c1-21(16-8-4-6-12-5-2-3-7-14(12)16)17(24)11-22-10-13(23(27)28)9-15(18(20)25)19(22)26/h2-3,5,7,9-10,16H,4,6,8,11H2,1H3,(H2,20,25). The number of fused-ring (bicyclic) bond motifs is 1. The highest BCUT2D eigenvalue weighted by Gasteiger charge is 2.27. The van der Waals surface area contributed by atoms with Gasteiger partial charge in [0.15, 0.2) is 0 Å². The van der Waals surface area contributed by atoms with Crippen molar-refractivity contribution in [3.63, 3.8) is 0 Å². The van der Waals surface area contributed by atoms with Crippen molar-refractivity contribution in [2.24, 2.45) is 5.73 Å². The fraction of sp³-hybridized carbons (Fsp3) is 0.316. The lowest BCUT2D eigenvalue weighted by atomic mass is 9.87. The van der Waals surface area contributed by atoms with Gasteiger partial charge >= 0.3 is 0 Å². The van der Waals surface area contributed by atoms with E-state index in [2.05, 4.69) is 0 Å². The molecule has 28 heavy (non-hydrogen) atoms. The fourth-order valence-corrected chi connectivity index (χ4v) is 3.58. The maximum absolute atomic E-state index is 12.8. The van der Waals surface area contributed by atoms with Crippen LogP contribution in [0.2, 0.25) is 0 Å². The summed E-state index contributed by atoms with van der Waals surface area (Å²) in [7, 11) is 1.65. The number of hydrogen-bond acceptors (Lipinski definition) is 5. The van der Waals surface area contributed by atoms with E-state index >= 15 is 0 Å². The number of nitrogens with two attached hydrogens (primary N) is 1.